The van der Waals surface area contributed by atoms with Crippen LogP contribution in [0.2, 0.25) is 0 Å². The lowest BCUT2D eigenvalue weighted by Gasteiger charge is -2.13. The Balaban J connectivity index is 1.54. The summed E-state index contributed by atoms with van der Waals surface area (Å²) in [7, 11) is 0. The minimum atomic E-state index is -0.256. The number of hydrogen-bond acceptors (Lipinski definition) is 4. The fraction of sp³-hybridized carbons (Fsp3) is 0.296. The molecule has 0 saturated heterocycles. The SMILES string of the molecule is CCCCOc1ccc(CCC(=O)Oc2ccc(-c3ccccc3)cc2)cc1OCC. The molecule has 0 N–H and O–H groups in total. The number of esters is 1. The molecule has 0 spiro atoms. The first-order valence-electron chi connectivity index (χ1n) is 10.9. The maximum atomic E-state index is 12.3. The van der Waals surface area contributed by atoms with Crippen molar-refractivity contribution in [1.29, 1.82) is 0 Å². The summed E-state index contributed by atoms with van der Waals surface area (Å²) < 4.78 is 17.0. The lowest BCUT2D eigenvalue weighted by Crippen LogP contribution is -2.09. The van der Waals surface area contributed by atoms with E-state index in [0.717, 1.165) is 41.0 Å². The third kappa shape index (κ3) is 6.88. The number of carbonyl (C=O) groups is 1. The van der Waals surface area contributed by atoms with Crippen LogP contribution in [0.15, 0.2) is 72.8 Å². The lowest BCUT2D eigenvalue weighted by atomic mass is 10.1. The second kappa shape index (κ2) is 11.8. The van der Waals surface area contributed by atoms with E-state index in [1.54, 1.807) is 0 Å². The number of benzene rings is 3. The summed E-state index contributed by atoms with van der Waals surface area (Å²) in [6.07, 6.45) is 2.96. The second-order valence-electron chi connectivity index (χ2n) is 7.28. The Morgan fingerprint density at radius 1 is 0.806 bits per heavy atom. The van der Waals surface area contributed by atoms with Crippen LogP contribution >= 0.6 is 0 Å². The number of hydrogen-bond donors (Lipinski definition) is 0. The van der Waals surface area contributed by atoms with Crippen LogP contribution in [0.4, 0.5) is 0 Å². The highest BCUT2D eigenvalue weighted by Crippen LogP contribution is 2.29. The highest BCUT2D eigenvalue weighted by Gasteiger charge is 2.10. The van der Waals surface area contributed by atoms with Gasteiger partial charge < -0.3 is 14.2 Å². The minimum Gasteiger partial charge on any atom is -0.490 e. The monoisotopic (exact) mass is 418 g/mol. The molecule has 3 rings (SSSR count). The van der Waals surface area contributed by atoms with E-state index < -0.39 is 0 Å². The zero-order chi connectivity index (χ0) is 21.9. The van der Waals surface area contributed by atoms with Gasteiger partial charge in [-0.15, -0.1) is 0 Å². The van der Waals surface area contributed by atoms with Crippen LogP contribution in [0.3, 0.4) is 0 Å². The number of rotatable bonds is 11. The Kier molecular flexibility index (Phi) is 8.53. The molecule has 0 fully saturated rings. The first-order chi connectivity index (χ1) is 15.2. The third-order valence-corrected chi connectivity index (χ3v) is 4.87. The highest BCUT2D eigenvalue weighted by molar-refractivity contribution is 5.73. The fourth-order valence-electron chi connectivity index (χ4n) is 3.20. The van der Waals surface area contributed by atoms with Gasteiger partial charge in [-0.05, 0) is 60.7 Å². The van der Waals surface area contributed by atoms with E-state index in [0.29, 0.717) is 31.8 Å². The fourth-order valence-corrected chi connectivity index (χ4v) is 3.20. The Morgan fingerprint density at radius 3 is 2.26 bits per heavy atom. The van der Waals surface area contributed by atoms with Gasteiger partial charge in [0.15, 0.2) is 11.5 Å². The molecule has 0 aliphatic rings. The van der Waals surface area contributed by atoms with Crippen molar-refractivity contribution in [3.05, 3.63) is 78.4 Å². The van der Waals surface area contributed by atoms with E-state index in [4.69, 9.17) is 14.2 Å². The summed E-state index contributed by atoms with van der Waals surface area (Å²) in [5.41, 5.74) is 3.24. The summed E-state index contributed by atoms with van der Waals surface area (Å²) in [4.78, 5) is 12.3. The predicted molar refractivity (Wildman–Crippen MR) is 124 cm³/mol. The molecule has 0 unspecified atom stereocenters. The third-order valence-electron chi connectivity index (χ3n) is 4.87. The van der Waals surface area contributed by atoms with Gasteiger partial charge in [-0.25, -0.2) is 0 Å². The number of unbranched alkanes of at least 4 members (excludes halogenated alkanes) is 1. The smallest absolute Gasteiger partial charge is 0.311 e. The van der Waals surface area contributed by atoms with Gasteiger partial charge >= 0.3 is 5.97 Å². The average molecular weight is 419 g/mol. The maximum Gasteiger partial charge on any atom is 0.311 e. The molecular weight excluding hydrogens is 388 g/mol. The molecular formula is C27H30O4. The Hall–Kier alpha value is -3.27. The number of carbonyl (C=O) groups excluding carboxylic acids is 1. The molecule has 4 heteroatoms. The van der Waals surface area contributed by atoms with Crippen molar-refractivity contribution >= 4 is 5.97 Å². The maximum absolute atomic E-state index is 12.3. The van der Waals surface area contributed by atoms with Gasteiger partial charge in [0.1, 0.15) is 5.75 Å². The van der Waals surface area contributed by atoms with Crippen molar-refractivity contribution in [3.63, 3.8) is 0 Å². The average Bonchev–Trinajstić information content (AvgIpc) is 2.80. The second-order valence-corrected chi connectivity index (χ2v) is 7.28. The molecule has 0 atom stereocenters. The normalized spacial score (nSPS) is 10.5. The zero-order valence-corrected chi connectivity index (χ0v) is 18.3. The van der Waals surface area contributed by atoms with Crippen LogP contribution in [-0.2, 0) is 11.2 Å². The quantitative estimate of drug-likeness (QED) is 0.203. The Morgan fingerprint density at radius 2 is 1.55 bits per heavy atom. The van der Waals surface area contributed by atoms with Crippen molar-refractivity contribution < 1.29 is 19.0 Å². The summed E-state index contributed by atoms with van der Waals surface area (Å²) >= 11 is 0. The van der Waals surface area contributed by atoms with Gasteiger partial charge in [0.25, 0.3) is 0 Å². The molecule has 3 aromatic rings. The van der Waals surface area contributed by atoms with Gasteiger partial charge in [-0.1, -0.05) is 61.9 Å². The van der Waals surface area contributed by atoms with Crippen LogP contribution in [-0.4, -0.2) is 19.2 Å². The molecule has 0 aromatic heterocycles. The van der Waals surface area contributed by atoms with Gasteiger partial charge in [-0.3, -0.25) is 4.79 Å². The molecule has 0 radical (unpaired) electrons. The van der Waals surface area contributed by atoms with Crippen molar-refractivity contribution in [2.45, 2.75) is 39.5 Å². The first-order valence-corrected chi connectivity index (χ1v) is 10.9. The van der Waals surface area contributed by atoms with Crippen LogP contribution in [0.1, 0.15) is 38.7 Å². The molecule has 0 heterocycles. The molecule has 162 valence electrons. The minimum absolute atomic E-state index is 0.256. The molecule has 0 bridgehead atoms. The molecule has 0 amide bonds. The molecule has 0 aliphatic carbocycles. The van der Waals surface area contributed by atoms with Crippen molar-refractivity contribution in [1.82, 2.24) is 0 Å². The number of aryl methyl sites for hydroxylation is 1. The van der Waals surface area contributed by atoms with E-state index in [-0.39, 0.29) is 5.97 Å². The van der Waals surface area contributed by atoms with Crippen molar-refractivity contribution in [2.24, 2.45) is 0 Å². The summed E-state index contributed by atoms with van der Waals surface area (Å²) in [5.74, 6) is 1.77. The predicted octanol–water partition coefficient (Wildman–Crippen LogP) is 6.47. The summed E-state index contributed by atoms with van der Waals surface area (Å²) in [5, 5.41) is 0. The van der Waals surface area contributed by atoms with Crippen LogP contribution in [0, 0.1) is 0 Å². The van der Waals surface area contributed by atoms with Crippen LogP contribution < -0.4 is 14.2 Å². The highest BCUT2D eigenvalue weighted by atomic mass is 16.5. The van der Waals surface area contributed by atoms with Crippen molar-refractivity contribution in [3.8, 4) is 28.4 Å². The van der Waals surface area contributed by atoms with E-state index >= 15 is 0 Å². The summed E-state index contributed by atoms with van der Waals surface area (Å²) in [6.45, 7) is 5.31. The van der Waals surface area contributed by atoms with Crippen LogP contribution in [0.5, 0.6) is 17.2 Å². The Bertz CT molecular complexity index is 949. The van der Waals surface area contributed by atoms with Gasteiger partial charge in [-0.2, -0.15) is 0 Å². The molecule has 0 saturated carbocycles. The van der Waals surface area contributed by atoms with E-state index in [9.17, 15) is 4.79 Å². The first kappa shape index (κ1) is 22.4. The lowest BCUT2D eigenvalue weighted by molar-refractivity contribution is -0.134. The van der Waals surface area contributed by atoms with Gasteiger partial charge in [0.2, 0.25) is 0 Å². The summed E-state index contributed by atoms with van der Waals surface area (Å²) in [6, 6.07) is 23.5. The molecule has 0 aliphatic heterocycles. The standard InChI is InChI=1S/C27H30O4/c1-3-5-19-30-25-17-11-21(20-26(25)29-4-2)12-18-27(28)31-24-15-13-23(14-16-24)22-9-7-6-8-10-22/h6-11,13-17,20H,3-5,12,18-19H2,1-2H3. The van der Waals surface area contributed by atoms with E-state index in [2.05, 4.69) is 19.1 Å². The molecule has 4 nitrogen and oxygen atoms in total. The number of ether oxygens (including phenoxy) is 3. The van der Waals surface area contributed by atoms with E-state index in [1.807, 2.05) is 67.6 Å². The van der Waals surface area contributed by atoms with E-state index in [1.165, 1.54) is 0 Å². The molecule has 3 aromatic carbocycles. The van der Waals surface area contributed by atoms with Gasteiger partial charge in [0, 0.05) is 6.42 Å². The zero-order valence-electron chi connectivity index (χ0n) is 18.3. The Labute approximate surface area is 184 Å². The largest absolute Gasteiger partial charge is 0.490 e. The van der Waals surface area contributed by atoms with Crippen LogP contribution in [0.25, 0.3) is 11.1 Å². The van der Waals surface area contributed by atoms with Crippen molar-refractivity contribution in [2.75, 3.05) is 13.2 Å². The molecule has 31 heavy (non-hydrogen) atoms. The van der Waals surface area contributed by atoms with Gasteiger partial charge in [0.05, 0.1) is 13.2 Å². The topological polar surface area (TPSA) is 44.8 Å².